The van der Waals surface area contributed by atoms with Crippen LogP contribution >= 0.6 is 23.2 Å². The van der Waals surface area contributed by atoms with Crippen molar-refractivity contribution in [2.45, 2.75) is 32.4 Å². The lowest BCUT2D eigenvalue weighted by Gasteiger charge is -2.31. The van der Waals surface area contributed by atoms with E-state index in [0.717, 1.165) is 28.8 Å². The number of aliphatic hydroxyl groups is 1. The lowest BCUT2D eigenvalue weighted by Crippen LogP contribution is -2.45. The summed E-state index contributed by atoms with van der Waals surface area (Å²) in [5.74, 6) is 0.152. The van der Waals surface area contributed by atoms with Crippen molar-refractivity contribution in [3.05, 3.63) is 62.9 Å². The number of ether oxygens (including phenoxy) is 1. The van der Waals surface area contributed by atoms with E-state index in [0.29, 0.717) is 36.2 Å². The summed E-state index contributed by atoms with van der Waals surface area (Å²) in [6.07, 6.45) is 3.37. The van der Waals surface area contributed by atoms with E-state index < -0.39 is 0 Å². The molecular formula is C22H27Cl2N3O3. The third-order valence-corrected chi connectivity index (χ3v) is 6.02. The Morgan fingerprint density at radius 1 is 1.30 bits per heavy atom. The molecule has 1 aliphatic rings. The zero-order valence-corrected chi connectivity index (χ0v) is 18.7. The standard InChI is InChI=1S/C22H27Cl2N3O3/c1-14(12-28)7-18-8-17-11-27(6-5-16(17)10-25-18)22(29)26-21(13-30-2)15-3-4-19(23)20(24)9-15/h3-4,8-10,14,21,28H,5-7,11-13H2,1-2H3,(H,26,29)/t14-,21-/m1/s1. The maximum absolute atomic E-state index is 13.0. The SMILES string of the molecule is COC[C@@H](NC(=O)N1CCc2cnc(C[C@@H](C)CO)cc2C1)c1ccc(Cl)c(Cl)c1. The summed E-state index contributed by atoms with van der Waals surface area (Å²) in [7, 11) is 1.59. The van der Waals surface area contributed by atoms with E-state index in [1.807, 2.05) is 25.3 Å². The molecule has 2 atom stereocenters. The van der Waals surface area contributed by atoms with E-state index in [1.165, 1.54) is 0 Å². The smallest absolute Gasteiger partial charge is 0.318 e. The highest BCUT2D eigenvalue weighted by Crippen LogP contribution is 2.26. The maximum Gasteiger partial charge on any atom is 0.318 e. The lowest BCUT2D eigenvalue weighted by molar-refractivity contribution is 0.152. The number of urea groups is 1. The molecule has 162 valence electrons. The van der Waals surface area contributed by atoms with Gasteiger partial charge in [0.1, 0.15) is 0 Å². The first kappa shape index (κ1) is 22.8. The first-order chi connectivity index (χ1) is 14.4. The maximum atomic E-state index is 13.0. The second kappa shape index (κ2) is 10.4. The summed E-state index contributed by atoms with van der Waals surface area (Å²) < 4.78 is 5.30. The minimum absolute atomic E-state index is 0.128. The van der Waals surface area contributed by atoms with Gasteiger partial charge in [0.15, 0.2) is 0 Å². The molecule has 2 heterocycles. The number of halogens is 2. The van der Waals surface area contributed by atoms with Gasteiger partial charge in [-0.1, -0.05) is 36.2 Å². The quantitative estimate of drug-likeness (QED) is 0.666. The van der Waals surface area contributed by atoms with E-state index >= 15 is 0 Å². The number of methoxy groups -OCH3 is 1. The van der Waals surface area contributed by atoms with Crippen LogP contribution in [-0.4, -0.2) is 47.9 Å². The Labute approximate surface area is 187 Å². The molecule has 30 heavy (non-hydrogen) atoms. The molecule has 0 aliphatic carbocycles. The van der Waals surface area contributed by atoms with Crippen molar-refractivity contribution in [2.75, 3.05) is 26.9 Å². The monoisotopic (exact) mass is 451 g/mol. The third-order valence-electron chi connectivity index (χ3n) is 5.29. The third kappa shape index (κ3) is 5.64. The van der Waals surface area contributed by atoms with Crippen LogP contribution in [-0.2, 0) is 24.1 Å². The summed E-state index contributed by atoms with van der Waals surface area (Å²) in [6, 6.07) is 6.86. The van der Waals surface area contributed by atoms with Crippen molar-refractivity contribution in [1.82, 2.24) is 15.2 Å². The Kier molecular flexibility index (Phi) is 7.94. The second-order valence-electron chi connectivity index (χ2n) is 7.74. The van der Waals surface area contributed by atoms with Gasteiger partial charge < -0.3 is 20.1 Å². The van der Waals surface area contributed by atoms with Crippen LogP contribution in [0, 0.1) is 5.92 Å². The highest BCUT2D eigenvalue weighted by Gasteiger charge is 2.24. The van der Waals surface area contributed by atoms with Gasteiger partial charge in [-0.15, -0.1) is 0 Å². The first-order valence-corrected chi connectivity index (χ1v) is 10.7. The van der Waals surface area contributed by atoms with Crippen molar-refractivity contribution in [3.8, 4) is 0 Å². The molecule has 3 rings (SSSR count). The van der Waals surface area contributed by atoms with Crippen LogP contribution in [0.4, 0.5) is 4.79 Å². The van der Waals surface area contributed by atoms with E-state index in [2.05, 4.69) is 10.3 Å². The fourth-order valence-electron chi connectivity index (χ4n) is 3.55. The predicted octanol–water partition coefficient (Wildman–Crippen LogP) is 4.01. The van der Waals surface area contributed by atoms with E-state index in [-0.39, 0.29) is 24.6 Å². The Balaban J connectivity index is 1.70. The number of aliphatic hydroxyl groups excluding tert-OH is 1. The number of aromatic nitrogens is 1. The van der Waals surface area contributed by atoms with Crippen LogP contribution in [0.3, 0.4) is 0 Å². The number of nitrogens with one attached hydrogen (secondary N) is 1. The van der Waals surface area contributed by atoms with Gasteiger partial charge in [0.25, 0.3) is 0 Å². The molecule has 2 amide bonds. The number of carbonyl (C=O) groups is 1. The number of hydrogen-bond donors (Lipinski definition) is 2. The minimum atomic E-state index is -0.336. The Morgan fingerprint density at radius 3 is 2.80 bits per heavy atom. The molecule has 0 saturated heterocycles. The Hall–Kier alpha value is -1.86. The average Bonchev–Trinajstić information content (AvgIpc) is 2.74. The zero-order chi connectivity index (χ0) is 21.7. The molecule has 1 aliphatic heterocycles. The highest BCUT2D eigenvalue weighted by atomic mass is 35.5. The van der Waals surface area contributed by atoms with E-state index in [1.54, 1.807) is 24.1 Å². The van der Waals surface area contributed by atoms with Crippen molar-refractivity contribution in [1.29, 1.82) is 0 Å². The number of pyridine rings is 1. The average molecular weight is 452 g/mol. The van der Waals surface area contributed by atoms with Crippen molar-refractivity contribution in [3.63, 3.8) is 0 Å². The number of rotatable bonds is 7. The molecule has 0 bridgehead atoms. The lowest BCUT2D eigenvalue weighted by atomic mass is 9.98. The minimum Gasteiger partial charge on any atom is -0.396 e. The number of fused-ring (bicyclic) bond motifs is 1. The zero-order valence-electron chi connectivity index (χ0n) is 17.2. The van der Waals surface area contributed by atoms with Gasteiger partial charge >= 0.3 is 6.03 Å². The summed E-state index contributed by atoms with van der Waals surface area (Å²) in [4.78, 5) is 19.3. The van der Waals surface area contributed by atoms with Crippen LogP contribution in [0.25, 0.3) is 0 Å². The summed E-state index contributed by atoms with van der Waals surface area (Å²) in [6.45, 7) is 3.57. The molecule has 0 radical (unpaired) electrons. The summed E-state index contributed by atoms with van der Waals surface area (Å²) in [5, 5.41) is 13.2. The van der Waals surface area contributed by atoms with Gasteiger partial charge in [-0.05, 0) is 53.6 Å². The number of carbonyl (C=O) groups excluding carboxylic acids is 1. The largest absolute Gasteiger partial charge is 0.396 e. The van der Waals surface area contributed by atoms with Gasteiger partial charge in [-0.3, -0.25) is 4.98 Å². The number of nitrogens with zero attached hydrogens (tertiary/aromatic N) is 2. The fraction of sp³-hybridized carbons (Fsp3) is 0.455. The molecule has 8 heteroatoms. The molecule has 0 saturated carbocycles. The second-order valence-corrected chi connectivity index (χ2v) is 8.55. The molecule has 0 spiro atoms. The van der Waals surface area contributed by atoms with Crippen LogP contribution in [0.15, 0.2) is 30.5 Å². The van der Waals surface area contributed by atoms with Gasteiger partial charge in [-0.2, -0.15) is 0 Å². The Morgan fingerprint density at radius 2 is 2.10 bits per heavy atom. The summed E-state index contributed by atoms with van der Waals surface area (Å²) >= 11 is 12.2. The number of amides is 2. The van der Waals surface area contributed by atoms with Gasteiger partial charge in [-0.25, -0.2) is 4.79 Å². The van der Waals surface area contributed by atoms with Gasteiger partial charge in [0.05, 0.1) is 22.7 Å². The van der Waals surface area contributed by atoms with E-state index in [4.69, 9.17) is 27.9 Å². The van der Waals surface area contributed by atoms with Crippen molar-refractivity contribution < 1.29 is 14.6 Å². The van der Waals surface area contributed by atoms with Crippen LogP contribution in [0.1, 0.15) is 35.3 Å². The molecule has 0 unspecified atom stereocenters. The summed E-state index contributed by atoms with van der Waals surface area (Å²) in [5.41, 5.74) is 4.04. The molecular weight excluding hydrogens is 425 g/mol. The normalized spacial score (nSPS) is 15.4. The molecule has 6 nitrogen and oxygen atoms in total. The van der Waals surface area contributed by atoms with Gasteiger partial charge in [0, 0.05) is 38.7 Å². The molecule has 2 aromatic rings. The van der Waals surface area contributed by atoms with Crippen molar-refractivity contribution in [2.24, 2.45) is 5.92 Å². The van der Waals surface area contributed by atoms with Crippen LogP contribution < -0.4 is 5.32 Å². The number of benzene rings is 1. The highest BCUT2D eigenvalue weighted by molar-refractivity contribution is 6.42. The first-order valence-electron chi connectivity index (χ1n) is 9.98. The molecule has 1 aromatic carbocycles. The molecule has 0 fully saturated rings. The van der Waals surface area contributed by atoms with Gasteiger partial charge in [0.2, 0.25) is 0 Å². The van der Waals surface area contributed by atoms with E-state index in [9.17, 15) is 9.90 Å². The predicted molar refractivity (Wildman–Crippen MR) is 118 cm³/mol. The fourth-order valence-corrected chi connectivity index (χ4v) is 3.86. The number of hydrogen-bond acceptors (Lipinski definition) is 4. The topological polar surface area (TPSA) is 74.7 Å². The van der Waals surface area contributed by atoms with Crippen molar-refractivity contribution >= 4 is 29.2 Å². The van der Waals surface area contributed by atoms with Crippen LogP contribution in [0.5, 0.6) is 0 Å². The Bertz CT molecular complexity index is 894. The molecule has 1 aromatic heterocycles. The molecule has 2 N–H and O–H groups in total. The van der Waals surface area contributed by atoms with Crippen LogP contribution in [0.2, 0.25) is 10.0 Å².